The van der Waals surface area contributed by atoms with Crippen LogP contribution in [0.1, 0.15) is 16.8 Å². The van der Waals surface area contributed by atoms with Gasteiger partial charge in [0.25, 0.3) is 5.91 Å². The molecule has 1 aliphatic carbocycles. The molecule has 2 atom stereocenters. The van der Waals surface area contributed by atoms with E-state index in [2.05, 4.69) is 21.2 Å². The zero-order valence-corrected chi connectivity index (χ0v) is 12.3. The van der Waals surface area contributed by atoms with Crippen LogP contribution in [-0.2, 0) is 0 Å². The largest absolute Gasteiger partial charge is 0.506 e. The molecule has 2 rings (SSSR count). The molecule has 1 aromatic carbocycles. The molecule has 19 heavy (non-hydrogen) atoms. The lowest BCUT2D eigenvalue weighted by atomic mass is 10.1. The van der Waals surface area contributed by atoms with Crippen LogP contribution in [0, 0.1) is 5.92 Å². The first-order valence-corrected chi connectivity index (χ1v) is 6.96. The van der Waals surface area contributed by atoms with Gasteiger partial charge in [0.1, 0.15) is 5.75 Å². The molecule has 0 spiro atoms. The highest BCUT2D eigenvalue weighted by atomic mass is 79.9. The maximum atomic E-state index is 12.1. The molecule has 0 fully saturated rings. The molecule has 102 valence electrons. The topological polar surface area (TPSA) is 69.6 Å². The third kappa shape index (κ3) is 3.29. The van der Waals surface area contributed by atoms with Crippen molar-refractivity contribution in [2.24, 2.45) is 5.92 Å². The quantitative estimate of drug-likeness (QED) is 0.737. The van der Waals surface area contributed by atoms with Crippen LogP contribution in [0.25, 0.3) is 0 Å². The third-order valence-corrected chi connectivity index (χ3v) is 3.82. The Balaban J connectivity index is 2.11. The zero-order valence-electron chi connectivity index (χ0n) is 9.94. The van der Waals surface area contributed by atoms with Crippen molar-refractivity contribution in [3.05, 3.63) is 39.3 Å². The van der Waals surface area contributed by atoms with Crippen molar-refractivity contribution < 1.29 is 15.0 Å². The molecule has 6 heteroatoms. The van der Waals surface area contributed by atoms with Crippen LogP contribution < -0.4 is 5.32 Å². The second kappa shape index (κ2) is 5.94. The highest BCUT2D eigenvalue weighted by Gasteiger charge is 2.22. The van der Waals surface area contributed by atoms with E-state index in [-0.39, 0.29) is 29.9 Å². The molecule has 3 N–H and O–H groups in total. The predicted molar refractivity (Wildman–Crippen MR) is 76.4 cm³/mol. The van der Waals surface area contributed by atoms with E-state index in [1.807, 2.05) is 12.2 Å². The lowest BCUT2D eigenvalue weighted by Crippen LogP contribution is -2.33. The number of amides is 1. The first-order chi connectivity index (χ1) is 9.01. The van der Waals surface area contributed by atoms with Crippen LogP contribution in [0.5, 0.6) is 5.75 Å². The van der Waals surface area contributed by atoms with Crippen LogP contribution in [0.3, 0.4) is 0 Å². The lowest BCUT2D eigenvalue weighted by Gasteiger charge is -2.14. The second-order valence-corrected chi connectivity index (χ2v) is 5.72. The average molecular weight is 347 g/mol. The number of benzene rings is 1. The van der Waals surface area contributed by atoms with Gasteiger partial charge in [-0.25, -0.2) is 0 Å². The Morgan fingerprint density at radius 2 is 2.21 bits per heavy atom. The average Bonchev–Trinajstić information content (AvgIpc) is 2.81. The first-order valence-electron chi connectivity index (χ1n) is 5.79. The Labute approximate surface area is 124 Å². The molecule has 0 radical (unpaired) electrons. The van der Waals surface area contributed by atoms with Crippen LogP contribution in [0.15, 0.2) is 28.8 Å². The van der Waals surface area contributed by atoms with Crippen molar-refractivity contribution >= 4 is 33.4 Å². The van der Waals surface area contributed by atoms with E-state index < -0.39 is 5.91 Å². The van der Waals surface area contributed by atoms with Gasteiger partial charge >= 0.3 is 0 Å². The molecule has 0 unspecified atom stereocenters. The molecule has 4 nitrogen and oxygen atoms in total. The number of hydrogen-bond acceptors (Lipinski definition) is 3. The molecule has 1 aromatic rings. The van der Waals surface area contributed by atoms with E-state index in [0.29, 0.717) is 15.9 Å². The highest BCUT2D eigenvalue weighted by molar-refractivity contribution is 9.10. The fourth-order valence-electron chi connectivity index (χ4n) is 2.00. The van der Waals surface area contributed by atoms with E-state index >= 15 is 0 Å². The molecule has 0 saturated heterocycles. The van der Waals surface area contributed by atoms with Crippen LogP contribution in [-0.4, -0.2) is 28.8 Å². The van der Waals surface area contributed by atoms with E-state index in [0.717, 1.165) is 0 Å². The van der Waals surface area contributed by atoms with Gasteiger partial charge in [0, 0.05) is 23.6 Å². The number of hydrogen-bond donors (Lipinski definition) is 3. The fraction of sp³-hybridized carbons (Fsp3) is 0.308. The van der Waals surface area contributed by atoms with Crippen LogP contribution >= 0.6 is 27.5 Å². The van der Waals surface area contributed by atoms with Gasteiger partial charge in [0.2, 0.25) is 0 Å². The van der Waals surface area contributed by atoms with Gasteiger partial charge in [-0.05, 0) is 34.5 Å². The Morgan fingerprint density at radius 3 is 2.84 bits per heavy atom. The van der Waals surface area contributed by atoms with Gasteiger partial charge in [-0.3, -0.25) is 4.79 Å². The normalized spacial score (nSPS) is 21.6. The molecular weight excluding hydrogens is 334 g/mol. The second-order valence-electron chi connectivity index (χ2n) is 4.43. The summed E-state index contributed by atoms with van der Waals surface area (Å²) in [6.07, 6.45) is 4.37. The summed E-state index contributed by atoms with van der Waals surface area (Å²) in [5.41, 5.74) is 0.125. The van der Waals surface area contributed by atoms with Gasteiger partial charge in [-0.1, -0.05) is 23.8 Å². The summed E-state index contributed by atoms with van der Waals surface area (Å²) in [6, 6.07) is 2.80. The van der Waals surface area contributed by atoms with E-state index in [4.69, 9.17) is 16.7 Å². The third-order valence-electron chi connectivity index (χ3n) is 3.00. The van der Waals surface area contributed by atoms with E-state index in [1.165, 1.54) is 12.1 Å². The predicted octanol–water partition coefficient (Wildman–Crippen LogP) is 2.47. The van der Waals surface area contributed by atoms with Crippen molar-refractivity contribution in [3.63, 3.8) is 0 Å². The minimum atomic E-state index is -0.395. The number of aliphatic hydroxyl groups is 1. The monoisotopic (exact) mass is 345 g/mol. The van der Waals surface area contributed by atoms with Gasteiger partial charge < -0.3 is 15.5 Å². The maximum Gasteiger partial charge on any atom is 0.255 e. The number of halogens is 2. The van der Waals surface area contributed by atoms with Crippen molar-refractivity contribution in [1.29, 1.82) is 0 Å². The van der Waals surface area contributed by atoms with Crippen LogP contribution in [0.4, 0.5) is 0 Å². The summed E-state index contributed by atoms with van der Waals surface area (Å²) in [6.45, 7) is 0.0663. The summed E-state index contributed by atoms with van der Waals surface area (Å²) >= 11 is 9.00. The smallest absolute Gasteiger partial charge is 0.255 e. The fourth-order valence-corrected chi connectivity index (χ4v) is 2.81. The number of aliphatic hydroxyl groups excluding tert-OH is 1. The number of rotatable bonds is 3. The first kappa shape index (κ1) is 14.4. The molecule has 0 aromatic heterocycles. The summed E-state index contributed by atoms with van der Waals surface area (Å²) in [5, 5.41) is 22.0. The van der Waals surface area contributed by atoms with Gasteiger partial charge in [-0.15, -0.1) is 0 Å². The Bertz CT molecular complexity index is 533. The number of carbonyl (C=O) groups excluding carboxylic acids is 1. The van der Waals surface area contributed by atoms with Crippen molar-refractivity contribution in [1.82, 2.24) is 5.32 Å². The minimum absolute atomic E-state index is 0.0663. The van der Waals surface area contributed by atoms with Crippen molar-refractivity contribution in [3.8, 4) is 5.75 Å². The van der Waals surface area contributed by atoms with Gasteiger partial charge in [-0.2, -0.15) is 0 Å². The van der Waals surface area contributed by atoms with Gasteiger partial charge in [0.05, 0.1) is 10.0 Å². The molecule has 0 heterocycles. The Kier molecular flexibility index (Phi) is 4.50. The summed E-state index contributed by atoms with van der Waals surface area (Å²) < 4.78 is 0.375. The number of aromatic hydroxyl groups is 1. The summed E-state index contributed by atoms with van der Waals surface area (Å²) in [5.74, 6) is -0.457. The SMILES string of the molecule is O=C(N[C@@H]1C=C[C@H](CO)C1)c1cc(Cl)cc(Br)c1O. The molecule has 0 saturated carbocycles. The molecule has 1 amide bonds. The summed E-state index contributed by atoms with van der Waals surface area (Å²) in [4.78, 5) is 12.1. The standard InChI is InChI=1S/C13H13BrClNO3/c14-11-5-8(15)4-10(12(11)18)13(19)16-9-2-1-7(3-9)6-17/h1-2,4-5,7,9,17-18H,3,6H2,(H,16,19)/t7-,9+/m0/s1. The maximum absolute atomic E-state index is 12.1. The number of carbonyl (C=O) groups is 1. The van der Waals surface area contributed by atoms with Crippen molar-refractivity contribution in [2.75, 3.05) is 6.61 Å². The van der Waals surface area contributed by atoms with Crippen LogP contribution in [0.2, 0.25) is 5.02 Å². The zero-order chi connectivity index (χ0) is 14.0. The van der Waals surface area contributed by atoms with E-state index in [9.17, 15) is 9.90 Å². The summed E-state index contributed by atoms with van der Waals surface area (Å²) in [7, 11) is 0. The molecular formula is C13H13BrClNO3. The van der Waals surface area contributed by atoms with Gasteiger partial charge in [0.15, 0.2) is 0 Å². The number of nitrogens with one attached hydrogen (secondary N) is 1. The number of phenolic OH excluding ortho intramolecular Hbond substituents is 1. The minimum Gasteiger partial charge on any atom is -0.506 e. The molecule has 1 aliphatic rings. The van der Waals surface area contributed by atoms with Crippen molar-refractivity contribution in [2.45, 2.75) is 12.5 Å². The molecule has 0 bridgehead atoms. The highest BCUT2D eigenvalue weighted by Crippen LogP contribution is 2.31. The number of phenols is 1. The van der Waals surface area contributed by atoms with E-state index in [1.54, 1.807) is 0 Å². The lowest BCUT2D eigenvalue weighted by molar-refractivity contribution is 0.0938. The molecule has 0 aliphatic heterocycles. The Hall–Kier alpha value is -1.04. The Morgan fingerprint density at radius 1 is 1.47 bits per heavy atom.